The standard InChI is InChI=1S/C19H19F4N5O3S/c1-3-28(32(2,29)30)10-12(11-4-5-14(20)15(21)6-11)7-16-24-8-13(9-25-16)18-26-27-19(31-18)17(22)23/h4-6,8-9,12,17H,3,7,10H2,1-2H3. The number of sulfonamides is 1. The fourth-order valence-electron chi connectivity index (χ4n) is 3.03. The highest BCUT2D eigenvalue weighted by atomic mass is 32.2. The summed E-state index contributed by atoms with van der Waals surface area (Å²) in [5, 5.41) is 6.75. The molecule has 0 fully saturated rings. The van der Waals surface area contributed by atoms with Gasteiger partial charge in [0.15, 0.2) is 11.6 Å². The third kappa shape index (κ3) is 5.65. The monoisotopic (exact) mass is 473 g/mol. The van der Waals surface area contributed by atoms with Gasteiger partial charge in [-0.25, -0.2) is 31.5 Å². The van der Waals surface area contributed by atoms with Crippen LogP contribution in [-0.4, -0.2) is 52.2 Å². The van der Waals surface area contributed by atoms with Crippen LogP contribution in [-0.2, 0) is 16.4 Å². The van der Waals surface area contributed by atoms with Gasteiger partial charge in [0.05, 0.1) is 11.8 Å². The van der Waals surface area contributed by atoms with Crippen molar-refractivity contribution in [1.82, 2.24) is 24.5 Å². The molecule has 0 bridgehead atoms. The van der Waals surface area contributed by atoms with Crippen molar-refractivity contribution >= 4 is 10.0 Å². The summed E-state index contributed by atoms with van der Waals surface area (Å²) in [6, 6.07) is 3.35. The highest BCUT2D eigenvalue weighted by molar-refractivity contribution is 7.88. The van der Waals surface area contributed by atoms with E-state index in [9.17, 15) is 26.0 Å². The summed E-state index contributed by atoms with van der Waals surface area (Å²) in [4.78, 5) is 8.30. The first-order valence-corrected chi connectivity index (χ1v) is 11.3. The van der Waals surface area contributed by atoms with Crippen molar-refractivity contribution in [2.75, 3.05) is 19.3 Å². The predicted molar refractivity (Wildman–Crippen MR) is 105 cm³/mol. The fourth-order valence-corrected chi connectivity index (χ4v) is 3.95. The maximum atomic E-state index is 13.8. The topological polar surface area (TPSA) is 102 Å². The maximum Gasteiger partial charge on any atom is 0.314 e. The smallest absolute Gasteiger partial charge is 0.314 e. The van der Waals surface area contributed by atoms with Gasteiger partial charge < -0.3 is 4.42 Å². The van der Waals surface area contributed by atoms with Crippen molar-refractivity contribution in [2.45, 2.75) is 25.7 Å². The van der Waals surface area contributed by atoms with Gasteiger partial charge in [-0.1, -0.05) is 13.0 Å². The molecule has 3 aromatic rings. The van der Waals surface area contributed by atoms with Crippen LogP contribution in [0.15, 0.2) is 35.0 Å². The quantitative estimate of drug-likeness (QED) is 0.439. The zero-order valence-electron chi connectivity index (χ0n) is 17.0. The molecular formula is C19H19F4N5O3S. The normalized spacial score (nSPS) is 13.1. The van der Waals surface area contributed by atoms with E-state index in [1.165, 1.54) is 22.8 Å². The average Bonchev–Trinajstić information content (AvgIpc) is 3.23. The summed E-state index contributed by atoms with van der Waals surface area (Å²) in [5.41, 5.74) is 0.584. The van der Waals surface area contributed by atoms with E-state index in [0.29, 0.717) is 5.56 Å². The molecule has 172 valence electrons. The average molecular weight is 473 g/mol. The van der Waals surface area contributed by atoms with Gasteiger partial charge in [0.1, 0.15) is 5.82 Å². The first-order valence-electron chi connectivity index (χ1n) is 9.41. The molecule has 1 aromatic carbocycles. The summed E-state index contributed by atoms with van der Waals surface area (Å²) < 4.78 is 82.6. The second kappa shape index (κ2) is 9.69. The van der Waals surface area contributed by atoms with E-state index < -0.39 is 39.9 Å². The van der Waals surface area contributed by atoms with E-state index >= 15 is 0 Å². The van der Waals surface area contributed by atoms with Crippen molar-refractivity contribution in [3.63, 3.8) is 0 Å². The third-order valence-electron chi connectivity index (χ3n) is 4.67. The Morgan fingerprint density at radius 2 is 1.78 bits per heavy atom. The third-order valence-corrected chi connectivity index (χ3v) is 6.01. The Balaban J connectivity index is 1.87. The first-order chi connectivity index (χ1) is 15.1. The van der Waals surface area contributed by atoms with Crippen molar-refractivity contribution in [2.24, 2.45) is 0 Å². The summed E-state index contributed by atoms with van der Waals surface area (Å²) in [6.07, 6.45) is 0.832. The fraction of sp³-hybridized carbons (Fsp3) is 0.368. The zero-order valence-corrected chi connectivity index (χ0v) is 17.9. The van der Waals surface area contributed by atoms with Crippen molar-refractivity contribution in [1.29, 1.82) is 0 Å². The van der Waals surface area contributed by atoms with Crippen LogP contribution in [0.5, 0.6) is 0 Å². The van der Waals surface area contributed by atoms with Crippen LogP contribution >= 0.6 is 0 Å². The van der Waals surface area contributed by atoms with E-state index in [1.54, 1.807) is 6.92 Å². The minimum atomic E-state index is -3.54. The number of aromatic nitrogens is 4. The van der Waals surface area contributed by atoms with Crippen LogP contribution in [0.4, 0.5) is 17.6 Å². The largest absolute Gasteiger partial charge is 0.415 e. The van der Waals surface area contributed by atoms with Gasteiger partial charge in [-0.2, -0.15) is 8.78 Å². The Hall–Kier alpha value is -2.93. The van der Waals surface area contributed by atoms with Crippen LogP contribution in [0.2, 0.25) is 0 Å². The molecule has 0 saturated carbocycles. The molecule has 1 unspecified atom stereocenters. The molecule has 8 nitrogen and oxygen atoms in total. The molecule has 0 aliphatic carbocycles. The minimum Gasteiger partial charge on any atom is -0.415 e. The SMILES string of the molecule is CCN(CC(Cc1ncc(-c2nnc(C(F)F)o2)cn1)c1ccc(F)c(F)c1)S(C)(=O)=O. The molecule has 0 N–H and O–H groups in total. The van der Waals surface area contributed by atoms with E-state index in [1.807, 2.05) is 0 Å². The summed E-state index contributed by atoms with van der Waals surface area (Å²) in [6.45, 7) is 1.84. The second-order valence-electron chi connectivity index (χ2n) is 6.92. The Morgan fingerprint density at radius 3 is 2.31 bits per heavy atom. The summed E-state index contributed by atoms with van der Waals surface area (Å²) in [7, 11) is -3.54. The van der Waals surface area contributed by atoms with Crippen LogP contribution in [0, 0.1) is 11.6 Å². The molecule has 0 saturated heterocycles. The maximum absolute atomic E-state index is 13.8. The Bertz CT molecular complexity index is 1170. The lowest BCUT2D eigenvalue weighted by Crippen LogP contribution is -2.34. The molecular weight excluding hydrogens is 454 g/mol. The molecule has 0 amide bonds. The first kappa shape index (κ1) is 23.7. The highest BCUT2D eigenvalue weighted by Gasteiger charge is 2.24. The van der Waals surface area contributed by atoms with Crippen LogP contribution in [0.3, 0.4) is 0 Å². The number of nitrogens with zero attached hydrogens (tertiary/aromatic N) is 5. The van der Waals surface area contributed by atoms with E-state index in [0.717, 1.165) is 18.4 Å². The van der Waals surface area contributed by atoms with Crippen molar-refractivity contribution in [3.8, 4) is 11.5 Å². The molecule has 3 rings (SSSR count). The number of likely N-dealkylation sites (N-methyl/N-ethyl adjacent to an activating group) is 1. The molecule has 0 aliphatic rings. The Morgan fingerprint density at radius 1 is 1.09 bits per heavy atom. The number of alkyl halides is 2. The number of hydrogen-bond acceptors (Lipinski definition) is 7. The molecule has 32 heavy (non-hydrogen) atoms. The van der Waals surface area contributed by atoms with Gasteiger partial charge in [-0.05, 0) is 17.7 Å². The van der Waals surface area contributed by atoms with Gasteiger partial charge in [0.25, 0.3) is 11.8 Å². The van der Waals surface area contributed by atoms with E-state index in [4.69, 9.17) is 4.42 Å². The lowest BCUT2D eigenvalue weighted by molar-refractivity contribution is 0.116. The number of hydrogen-bond donors (Lipinski definition) is 0. The predicted octanol–water partition coefficient (Wildman–Crippen LogP) is 3.35. The molecule has 2 heterocycles. The Labute approximate surface area is 181 Å². The molecule has 2 aromatic heterocycles. The second-order valence-corrected chi connectivity index (χ2v) is 8.90. The summed E-state index contributed by atoms with van der Waals surface area (Å²) in [5.74, 6) is -3.41. The molecule has 13 heteroatoms. The molecule has 1 atom stereocenters. The molecule has 0 aliphatic heterocycles. The van der Waals surface area contributed by atoms with Gasteiger partial charge in [-0.3, -0.25) is 0 Å². The van der Waals surface area contributed by atoms with Crippen LogP contribution in [0.1, 0.15) is 36.5 Å². The Kier molecular flexibility index (Phi) is 7.19. The highest BCUT2D eigenvalue weighted by Crippen LogP contribution is 2.25. The summed E-state index contributed by atoms with van der Waals surface area (Å²) >= 11 is 0. The van der Waals surface area contributed by atoms with Gasteiger partial charge in [0.2, 0.25) is 10.0 Å². The molecule has 0 radical (unpaired) electrons. The lowest BCUT2D eigenvalue weighted by atomic mass is 9.95. The van der Waals surface area contributed by atoms with Crippen LogP contribution in [0.25, 0.3) is 11.5 Å². The number of rotatable bonds is 9. The lowest BCUT2D eigenvalue weighted by Gasteiger charge is -2.25. The van der Waals surface area contributed by atoms with Gasteiger partial charge >= 0.3 is 6.43 Å². The van der Waals surface area contributed by atoms with Gasteiger partial charge in [-0.15, -0.1) is 10.2 Å². The van der Waals surface area contributed by atoms with Crippen molar-refractivity contribution < 1.29 is 30.4 Å². The van der Waals surface area contributed by atoms with E-state index in [2.05, 4.69) is 20.2 Å². The number of benzene rings is 1. The molecule has 0 spiro atoms. The van der Waals surface area contributed by atoms with Crippen LogP contribution < -0.4 is 0 Å². The van der Waals surface area contributed by atoms with E-state index in [-0.39, 0.29) is 36.8 Å². The minimum absolute atomic E-state index is 0.00702. The van der Waals surface area contributed by atoms with Gasteiger partial charge in [0, 0.05) is 37.8 Å². The van der Waals surface area contributed by atoms with Crippen molar-refractivity contribution in [3.05, 3.63) is 59.5 Å². The number of halogens is 4. The zero-order chi connectivity index (χ0) is 23.5.